The van der Waals surface area contributed by atoms with Crippen molar-refractivity contribution in [2.75, 3.05) is 12.3 Å². The van der Waals surface area contributed by atoms with Crippen molar-refractivity contribution >= 4 is 39.9 Å². The number of β-lactam (4-membered cyclic amide) rings is 1. The number of thioether (sulfide) groups is 1. The number of rotatable bonds is 8. The maximum atomic E-state index is 12.5. The van der Waals surface area contributed by atoms with E-state index in [1.54, 1.807) is 0 Å². The van der Waals surface area contributed by atoms with E-state index in [4.69, 9.17) is 4.55 Å². The number of amides is 2. The van der Waals surface area contributed by atoms with Crippen molar-refractivity contribution in [3.05, 3.63) is 10.6 Å². The first-order valence-electron chi connectivity index (χ1n) is 7.70. The molecule has 1 fully saturated rings. The summed E-state index contributed by atoms with van der Waals surface area (Å²) >= 11 is 1.22. The van der Waals surface area contributed by atoms with Crippen molar-refractivity contribution in [1.82, 2.24) is 10.2 Å². The predicted molar refractivity (Wildman–Crippen MR) is 91.3 cm³/mol. The fourth-order valence-corrected chi connectivity index (χ4v) is 4.99. The summed E-state index contributed by atoms with van der Waals surface area (Å²) in [7, 11) is -4.77. The molecule has 0 aromatic carbocycles. The lowest BCUT2D eigenvalue weighted by molar-refractivity contribution is -0.166. The molecule has 2 aliphatic heterocycles. The van der Waals surface area contributed by atoms with E-state index in [1.807, 2.05) is 0 Å². The summed E-state index contributed by atoms with van der Waals surface area (Å²) in [6.07, 6.45) is 0.237. The van der Waals surface area contributed by atoms with Crippen molar-refractivity contribution in [1.29, 1.82) is 0 Å². The molecule has 1 saturated heterocycles. The van der Waals surface area contributed by atoms with Gasteiger partial charge in [-0.2, -0.15) is 8.42 Å². The molecule has 0 aromatic heterocycles. The molecule has 26 heavy (non-hydrogen) atoms. The molecule has 2 aliphatic rings. The molecule has 0 saturated carbocycles. The van der Waals surface area contributed by atoms with E-state index in [-0.39, 0.29) is 18.0 Å². The summed E-state index contributed by atoms with van der Waals surface area (Å²) in [5.41, 5.74) is -1.65. The number of fused-ring (bicyclic) bond motifs is 1. The Labute approximate surface area is 154 Å². The molecule has 0 aliphatic carbocycles. The van der Waals surface area contributed by atoms with Crippen molar-refractivity contribution in [2.45, 2.75) is 38.8 Å². The van der Waals surface area contributed by atoms with Crippen LogP contribution in [0.2, 0.25) is 0 Å². The molecule has 12 heteroatoms. The van der Waals surface area contributed by atoms with Gasteiger partial charge in [0.1, 0.15) is 5.70 Å². The van der Waals surface area contributed by atoms with E-state index < -0.39 is 39.8 Å². The third-order valence-corrected chi connectivity index (χ3v) is 5.90. The highest BCUT2D eigenvalue weighted by molar-refractivity contribution is 8.03. The molecule has 2 atom stereocenters. The zero-order valence-corrected chi connectivity index (χ0v) is 16.0. The van der Waals surface area contributed by atoms with Crippen LogP contribution in [0.4, 0.5) is 0 Å². The molecule has 146 valence electrons. The minimum atomic E-state index is -4.77. The zero-order chi connectivity index (χ0) is 19.9. The Bertz CT molecular complexity index is 774. The van der Waals surface area contributed by atoms with Crippen LogP contribution in [-0.2, 0) is 29.0 Å². The molecule has 10 nitrogen and oxygen atoms in total. The first-order valence-corrected chi connectivity index (χ1v) is 10.0. The SMILES string of the molecule is CC(=O)NCCSC1=C(C(=O)O)N2C(=O)[C@H](C(C)(C)OS(=O)(=O)O)[C@H]2C1. The Morgan fingerprint density at radius 1 is 1.42 bits per heavy atom. The second-order valence-electron chi connectivity index (χ2n) is 6.48. The maximum absolute atomic E-state index is 12.5. The van der Waals surface area contributed by atoms with Gasteiger partial charge < -0.3 is 15.3 Å². The topological polar surface area (TPSA) is 150 Å². The van der Waals surface area contributed by atoms with E-state index in [1.165, 1.54) is 32.5 Å². The number of aliphatic carboxylic acids is 1. The van der Waals surface area contributed by atoms with Gasteiger partial charge in [-0.05, 0) is 13.8 Å². The molecule has 0 radical (unpaired) electrons. The first-order chi connectivity index (χ1) is 11.8. The van der Waals surface area contributed by atoms with Crippen LogP contribution < -0.4 is 5.32 Å². The Morgan fingerprint density at radius 3 is 2.54 bits per heavy atom. The highest BCUT2D eigenvalue weighted by atomic mass is 32.3. The number of carbonyl (C=O) groups excluding carboxylic acids is 2. The minimum absolute atomic E-state index is 0.133. The highest BCUT2D eigenvalue weighted by Crippen LogP contribution is 2.50. The number of carboxylic acids is 1. The molecule has 0 aromatic rings. The molecular weight excluding hydrogens is 388 g/mol. The molecule has 0 bridgehead atoms. The second-order valence-corrected chi connectivity index (χ2v) is 8.69. The van der Waals surface area contributed by atoms with Gasteiger partial charge in [-0.3, -0.25) is 14.1 Å². The van der Waals surface area contributed by atoms with Crippen LogP contribution in [0.3, 0.4) is 0 Å². The molecule has 2 rings (SSSR count). The maximum Gasteiger partial charge on any atom is 0.397 e. The van der Waals surface area contributed by atoms with Crippen LogP contribution in [0.1, 0.15) is 27.2 Å². The van der Waals surface area contributed by atoms with Gasteiger partial charge in [0.25, 0.3) is 0 Å². The van der Waals surface area contributed by atoms with Crippen LogP contribution in [-0.4, -0.2) is 64.7 Å². The number of hydrogen-bond acceptors (Lipinski definition) is 7. The summed E-state index contributed by atoms with van der Waals surface area (Å²) in [6.45, 7) is 4.41. The van der Waals surface area contributed by atoms with Gasteiger partial charge in [0.15, 0.2) is 0 Å². The zero-order valence-electron chi connectivity index (χ0n) is 14.4. The van der Waals surface area contributed by atoms with Crippen LogP contribution in [0.15, 0.2) is 10.6 Å². The first kappa shape index (κ1) is 20.7. The summed E-state index contributed by atoms with van der Waals surface area (Å²) in [4.78, 5) is 36.5. The monoisotopic (exact) mass is 408 g/mol. The lowest BCUT2D eigenvalue weighted by atomic mass is 9.76. The van der Waals surface area contributed by atoms with Gasteiger partial charge in [-0.1, -0.05) is 0 Å². The number of carbonyl (C=O) groups is 3. The Balaban J connectivity index is 2.15. The van der Waals surface area contributed by atoms with Gasteiger partial charge in [0, 0.05) is 30.5 Å². The second kappa shape index (κ2) is 7.18. The van der Waals surface area contributed by atoms with Crippen LogP contribution in [0, 0.1) is 5.92 Å². The molecule has 3 N–H and O–H groups in total. The molecule has 2 heterocycles. The predicted octanol–water partition coefficient (Wildman–Crippen LogP) is -0.0194. The fourth-order valence-electron chi connectivity index (χ4n) is 3.29. The summed E-state index contributed by atoms with van der Waals surface area (Å²) in [5, 5.41) is 12.0. The normalized spacial score (nSPS) is 22.9. The van der Waals surface area contributed by atoms with E-state index in [0.29, 0.717) is 17.2 Å². The van der Waals surface area contributed by atoms with E-state index in [9.17, 15) is 27.9 Å². The van der Waals surface area contributed by atoms with Crippen molar-refractivity contribution in [2.24, 2.45) is 5.92 Å². The molecule has 0 spiro atoms. The summed E-state index contributed by atoms with van der Waals surface area (Å²) in [6, 6.07) is -0.561. The molecule has 0 unspecified atom stereocenters. The molecule has 2 amide bonds. The lowest BCUT2D eigenvalue weighted by Gasteiger charge is -2.49. The third-order valence-electron chi connectivity index (χ3n) is 4.14. The standard InChI is InChI=1S/C14H20N2O8S2/c1-7(17)15-4-5-25-9-6-8-10(14(2,3)24-26(21,22)23)12(18)16(8)11(9)13(19)20/h8,10H,4-6H2,1-3H3,(H,15,17)(H,19,20)(H,21,22,23)/t8-,10-/m1/s1. The van der Waals surface area contributed by atoms with Crippen LogP contribution >= 0.6 is 11.8 Å². The lowest BCUT2D eigenvalue weighted by Crippen LogP contribution is -2.66. The van der Waals surface area contributed by atoms with Gasteiger partial charge in [-0.15, -0.1) is 11.8 Å². The van der Waals surface area contributed by atoms with Crippen molar-refractivity contribution in [3.63, 3.8) is 0 Å². The Morgan fingerprint density at radius 2 is 2.04 bits per heavy atom. The van der Waals surface area contributed by atoms with Gasteiger partial charge >= 0.3 is 16.4 Å². The number of nitrogens with zero attached hydrogens (tertiary/aromatic N) is 1. The van der Waals surface area contributed by atoms with Crippen molar-refractivity contribution in [3.8, 4) is 0 Å². The largest absolute Gasteiger partial charge is 0.477 e. The van der Waals surface area contributed by atoms with E-state index in [2.05, 4.69) is 9.50 Å². The van der Waals surface area contributed by atoms with Crippen LogP contribution in [0.25, 0.3) is 0 Å². The highest BCUT2D eigenvalue weighted by Gasteiger charge is 2.61. The quantitative estimate of drug-likeness (QED) is 0.286. The minimum Gasteiger partial charge on any atom is -0.477 e. The van der Waals surface area contributed by atoms with E-state index in [0.717, 1.165) is 4.90 Å². The Hall–Kier alpha value is -1.63. The number of hydrogen-bond donors (Lipinski definition) is 3. The molecular formula is C14H20N2O8S2. The summed E-state index contributed by atoms with van der Waals surface area (Å²) in [5.74, 6) is -2.51. The number of nitrogens with one attached hydrogen (secondary N) is 1. The van der Waals surface area contributed by atoms with Gasteiger partial charge in [0.2, 0.25) is 11.8 Å². The van der Waals surface area contributed by atoms with E-state index >= 15 is 0 Å². The Kier molecular flexibility index (Phi) is 5.71. The van der Waals surface area contributed by atoms with Gasteiger partial charge in [0.05, 0.1) is 17.6 Å². The van der Waals surface area contributed by atoms with Crippen molar-refractivity contribution < 1.29 is 36.6 Å². The van der Waals surface area contributed by atoms with Crippen LogP contribution in [0.5, 0.6) is 0 Å². The smallest absolute Gasteiger partial charge is 0.397 e. The number of carboxylic acid groups (broad SMARTS) is 1. The average Bonchev–Trinajstić information content (AvgIpc) is 2.74. The fraction of sp³-hybridized carbons (Fsp3) is 0.643. The summed E-state index contributed by atoms with van der Waals surface area (Å²) < 4.78 is 35.6. The average molecular weight is 408 g/mol. The van der Waals surface area contributed by atoms with Gasteiger partial charge in [-0.25, -0.2) is 8.98 Å². The third kappa shape index (κ3) is 4.19.